The van der Waals surface area contributed by atoms with Crippen molar-refractivity contribution >= 4 is 21.8 Å². The average molecular weight is 380 g/mol. The fraction of sp³-hybridized carbons (Fsp3) is 0.556. The predicted octanol–water partition coefficient (Wildman–Crippen LogP) is 1.26. The maximum Gasteiger partial charge on any atom is 0.320 e. The van der Waals surface area contributed by atoms with Crippen molar-refractivity contribution in [2.75, 3.05) is 37.7 Å². The lowest BCUT2D eigenvalue weighted by molar-refractivity contribution is -0.145. The fourth-order valence-corrected chi connectivity index (χ4v) is 4.95. The Morgan fingerprint density at radius 3 is 2.15 bits per heavy atom. The second-order valence-electron chi connectivity index (χ2n) is 7.17. The van der Waals surface area contributed by atoms with Gasteiger partial charge in [-0.05, 0) is 25.3 Å². The zero-order valence-electron chi connectivity index (χ0n) is 14.8. The second-order valence-corrected chi connectivity index (χ2v) is 9.47. The van der Waals surface area contributed by atoms with E-state index in [4.69, 9.17) is 0 Å². The first-order valence-corrected chi connectivity index (χ1v) is 10.6. The number of nitrogens with zero attached hydrogens (tertiary/aromatic N) is 2. The molecule has 0 saturated carbocycles. The van der Waals surface area contributed by atoms with E-state index in [2.05, 4.69) is 0 Å². The van der Waals surface area contributed by atoms with Crippen LogP contribution in [0.15, 0.2) is 24.3 Å². The van der Waals surface area contributed by atoms with Gasteiger partial charge in [0, 0.05) is 26.2 Å². The van der Waals surface area contributed by atoms with Crippen molar-refractivity contribution in [1.82, 2.24) is 9.80 Å². The minimum atomic E-state index is -3.04. The molecule has 0 bridgehead atoms. The molecule has 2 heterocycles. The minimum absolute atomic E-state index is 0.00502. The SMILES string of the molecule is Cc1cccc(C2(C(=O)O)CCN(C(=O)N3CCS(=O)(=O)CC3)CC2)c1. The molecule has 0 aliphatic carbocycles. The molecule has 0 radical (unpaired) electrons. The maximum absolute atomic E-state index is 12.6. The van der Waals surface area contributed by atoms with Gasteiger partial charge in [0.25, 0.3) is 0 Å². The van der Waals surface area contributed by atoms with Gasteiger partial charge in [0.15, 0.2) is 9.84 Å². The number of amides is 2. The molecule has 142 valence electrons. The summed E-state index contributed by atoms with van der Waals surface area (Å²) in [5, 5.41) is 9.88. The summed E-state index contributed by atoms with van der Waals surface area (Å²) in [6.45, 7) is 3.05. The second kappa shape index (κ2) is 6.90. The Balaban J connectivity index is 1.71. The van der Waals surface area contributed by atoms with Gasteiger partial charge in [-0.25, -0.2) is 13.2 Å². The molecule has 2 amide bonds. The molecule has 3 rings (SSSR count). The number of carboxylic acid groups (broad SMARTS) is 1. The van der Waals surface area contributed by atoms with E-state index >= 15 is 0 Å². The van der Waals surface area contributed by atoms with Gasteiger partial charge in [-0.2, -0.15) is 0 Å². The number of rotatable bonds is 2. The molecule has 0 unspecified atom stereocenters. The zero-order chi connectivity index (χ0) is 18.9. The number of carbonyl (C=O) groups is 2. The van der Waals surface area contributed by atoms with Gasteiger partial charge in [-0.1, -0.05) is 29.8 Å². The molecule has 1 aromatic carbocycles. The molecule has 26 heavy (non-hydrogen) atoms. The lowest BCUT2D eigenvalue weighted by Crippen LogP contribution is -2.54. The lowest BCUT2D eigenvalue weighted by Gasteiger charge is -2.41. The molecule has 1 aromatic rings. The van der Waals surface area contributed by atoms with E-state index in [1.165, 1.54) is 0 Å². The van der Waals surface area contributed by atoms with Crippen molar-refractivity contribution in [3.8, 4) is 0 Å². The van der Waals surface area contributed by atoms with Crippen LogP contribution in [0.2, 0.25) is 0 Å². The van der Waals surface area contributed by atoms with E-state index in [0.717, 1.165) is 11.1 Å². The van der Waals surface area contributed by atoms with Crippen molar-refractivity contribution in [2.45, 2.75) is 25.2 Å². The number of sulfone groups is 1. The Labute approximate surface area is 153 Å². The number of likely N-dealkylation sites (tertiary alicyclic amines) is 1. The Hall–Kier alpha value is -2.09. The molecule has 8 heteroatoms. The van der Waals surface area contributed by atoms with E-state index in [0.29, 0.717) is 25.9 Å². The summed E-state index contributed by atoms with van der Waals surface area (Å²) in [5.41, 5.74) is 0.811. The summed E-state index contributed by atoms with van der Waals surface area (Å²) in [6, 6.07) is 7.35. The average Bonchev–Trinajstić information content (AvgIpc) is 2.61. The van der Waals surface area contributed by atoms with E-state index in [9.17, 15) is 23.1 Å². The largest absolute Gasteiger partial charge is 0.481 e. The molecule has 1 N–H and O–H groups in total. The lowest BCUT2D eigenvalue weighted by atomic mass is 9.72. The van der Waals surface area contributed by atoms with Crippen LogP contribution in [0.25, 0.3) is 0 Å². The van der Waals surface area contributed by atoms with E-state index in [1.807, 2.05) is 31.2 Å². The predicted molar refractivity (Wildman–Crippen MR) is 96.9 cm³/mol. The van der Waals surface area contributed by atoms with E-state index in [-0.39, 0.29) is 30.6 Å². The highest BCUT2D eigenvalue weighted by Crippen LogP contribution is 2.36. The summed E-state index contributed by atoms with van der Waals surface area (Å²) >= 11 is 0. The van der Waals surface area contributed by atoms with Crippen molar-refractivity contribution < 1.29 is 23.1 Å². The van der Waals surface area contributed by atoms with Crippen LogP contribution >= 0.6 is 0 Å². The molecule has 2 aliphatic heterocycles. The summed E-state index contributed by atoms with van der Waals surface area (Å²) in [4.78, 5) is 27.9. The van der Waals surface area contributed by atoms with Crippen LogP contribution in [-0.2, 0) is 20.0 Å². The monoisotopic (exact) mass is 380 g/mol. The molecule has 0 spiro atoms. The number of aryl methyl sites for hydroxylation is 1. The molecule has 0 aromatic heterocycles. The van der Waals surface area contributed by atoms with E-state index in [1.54, 1.807) is 9.80 Å². The quantitative estimate of drug-likeness (QED) is 0.834. The normalized spacial score (nSPS) is 22.0. The number of piperidine rings is 1. The summed E-state index contributed by atoms with van der Waals surface area (Å²) in [7, 11) is -3.04. The van der Waals surface area contributed by atoms with Crippen LogP contribution < -0.4 is 0 Å². The fourth-order valence-electron chi connectivity index (χ4n) is 3.75. The molecular weight excluding hydrogens is 356 g/mol. The smallest absolute Gasteiger partial charge is 0.320 e. The third-order valence-electron chi connectivity index (χ3n) is 5.48. The molecule has 2 saturated heterocycles. The van der Waals surface area contributed by atoms with Crippen LogP contribution in [0.4, 0.5) is 4.79 Å². The Kier molecular flexibility index (Phi) is 4.96. The van der Waals surface area contributed by atoms with Gasteiger partial charge in [0.2, 0.25) is 0 Å². The Bertz CT molecular complexity index is 799. The van der Waals surface area contributed by atoms with Crippen LogP contribution in [0.5, 0.6) is 0 Å². The van der Waals surface area contributed by atoms with Crippen molar-refractivity contribution in [3.05, 3.63) is 35.4 Å². The van der Waals surface area contributed by atoms with Gasteiger partial charge < -0.3 is 14.9 Å². The summed E-state index contributed by atoms with van der Waals surface area (Å²) in [6.07, 6.45) is 0.702. The first kappa shape index (κ1) is 18.7. The Morgan fingerprint density at radius 2 is 1.62 bits per heavy atom. The third-order valence-corrected chi connectivity index (χ3v) is 7.09. The molecule has 7 nitrogen and oxygen atoms in total. The van der Waals surface area contributed by atoms with Crippen LogP contribution in [0.1, 0.15) is 24.0 Å². The standard InChI is InChI=1S/C18H24N2O5S/c1-14-3-2-4-15(13-14)18(16(21)22)5-7-19(8-6-18)17(23)20-9-11-26(24,25)12-10-20/h2-4,13H,5-12H2,1H3,(H,21,22). The van der Waals surface area contributed by atoms with Crippen LogP contribution in [0.3, 0.4) is 0 Å². The highest BCUT2D eigenvalue weighted by Gasteiger charge is 2.44. The maximum atomic E-state index is 12.6. The molecular formula is C18H24N2O5S. The van der Waals surface area contributed by atoms with Crippen molar-refractivity contribution in [3.63, 3.8) is 0 Å². The highest BCUT2D eigenvalue weighted by atomic mass is 32.2. The van der Waals surface area contributed by atoms with Crippen LogP contribution in [-0.4, -0.2) is 73.0 Å². The summed E-state index contributed by atoms with van der Waals surface area (Å²) < 4.78 is 23.0. The van der Waals surface area contributed by atoms with E-state index < -0.39 is 21.2 Å². The number of carbonyl (C=O) groups excluding carboxylic acids is 1. The number of hydrogen-bond acceptors (Lipinski definition) is 4. The minimum Gasteiger partial charge on any atom is -0.481 e. The van der Waals surface area contributed by atoms with Crippen LogP contribution in [0, 0.1) is 6.92 Å². The van der Waals surface area contributed by atoms with Gasteiger partial charge in [-0.15, -0.1) is 0 Å². The van der Waals surface area contributed by atoms with Crippen molar-refractivity contribution in [2.24, 2.45) is 0 Å². The number of benzene rings is 1. The molecule has 2 fully saturated rings. The van der Waals surface area contributed by atoms with Gasteiger partial charge in [0.1, 0.15) is 0 Å². The first-order chi connectivity index (χ1) is 12.2. The van der Waals surface area contributed by atoms with Crippen molar-refractivity contribution in [1.29, 1.82) is 0 Å². The summed E-state index contributed by atoms with van der Waals surface area (Å²) in [5.74, 6) is -0.872. The first-order valence-electron chi connectivity index (χ1n) is 8.78. The number of urea groups is 1. The molecule has 2 aliphatic rings. The zero-order valence-corrected chi connectivity index (χ0v) is 15.7. The molecule has 0 atom stereocenters. The number of carboxylic acids is 1. The van der Waals surface area contributed by atoms with Gasteiger partial charge >= 0.3 is 12.0 Å². The Morgan fingerprint density at radius 1 is 1.04 bits per heavy atom. The van der Waals surface area contributed by atoms with Gasteiger partial charge in [0.05, 0.1) is 16.9 Å². The third kappa shape index (κ3) is 3.56. The topological polar surface area (TPSA) is 95.0 Å². The van der Waals surface area contributed by atoms with Gasteiger partial charge in [-0.3, -0.25) is 4.79 Å². The highest BCUT2D eigenvalue weighted by molar-refractivity contribution is 7.91. The number of hydrogen-bond donors (Lipinski definition) is 1. The number of aliphatic carboxylic acids is 1.